The molecule has 1 aromatic carbocycles. The molecule has 0 saturated carbocycles. The van der Waals surface area contributed by atoms with Crippen LogP contribution in [0.2, 0.25) is 0 Å². The lowest BCUT2D eigenvalue weighted by Gasteiger charge is -2.21. The summed E-state index contributed by atoms with van der Waals surface area (Å²) in [5.41, 5.74) is 1.20. The number of carbonyl (C=O) groups is 1. The van der Waals surface area contributed by atoms with Crippen molar-refractivity contribution in [2.24, 2.45) is 0 Å². The highest BCUT2D eigenvalue weighted by Gasteiger charge is 2.27. The zero-order valence-electron chi connectivity index (χ0n) is 14.2. The molecule has 1 heterocycles. The van der Waals surface area contributed by atoms with Gasteiger partial charge in [-0.1, -0.05) is 18.9 Å². The smallest absolute Gasteiger partial charge is 0.243 e. The summed E-state index contributed by atoms with van der Waals surface area (Å²) in [6.07, 6.45) is 3.95. The zero-order chi connectivity index (χ0) is 16.9. The molecule has 2 N–H and O–H groups in total. The van der Waals surface area contributed by atoms with Crippen molar-refractivity contribution in [1.29, 1.82) is 0 Å². The molecule has 0 unspecified atom stereocenters. The molecule has 1 saturated heterocycles. The van der Waals surface area contributed by atoms with Gasteiger partial charge in [0.1, 0.15) is 0 Å². The van der Waals surface area contributed by atoms with Crippen LogP contribution in [0.3, 0.4) is 0 Å². The highest BCUT2D eigenvalue weighted by atomic mass is 35.5. The first kappa shape index (κ1) is 20.9. The Balaban J connectivity index is 0.00000288. The third kappa shape index (κ3) is 5.17. The number of nitrogens with one attached hydrogen (secondary N) is 2. The first-order valence-corrected chi connectivity index (χ1v) is 9.44. The van der Waals surface area contributed by atoms with E-state index in [1.54, 1.807) is 36.5 Å². The Morgan fingerprint density at radius 1 is 1.17 bits per heavy atom. The number of benzene rings is 1. The molecule has 136 valence electrons. The number of hydrogen-bond donors (Lipinski definition) is 2. The molecule has 2 rings (SSSR count). The Morgan fingerprint density at radius 2 is 1.79 bits per heavy atom. The van der Waals surface area contributed by atoms with Gasteiger partial charge in [-0.05, 0) is 44.5 Å². The molecule has 0 bridgehead atoms. The van der Waals surface area contributed by atoms with Crippen LogP contribution in [0, 0.1) is 6.92 Å². The summed E-state index contributed by atoms with van der Waals surface area (Å²) in [6.45, 7) is 3.10. The minimum Gasteiger partial charge on any atom is -0.325 e. The SMILES string of the molecule is CNCC(=O)Nc1ccc(C)c(S(=O)(=O)N2CCCCCC2)c1.Cl. The van der Waals surface area contributed by atoms with Crippen LogP contribution in [0.25, 0.3) is 0 Å². The highest BCUT2D eigenvalue weighted by Crippen LogP contribution is 2.25. The average molecular weight is 376 g/mol. The Bertz CT molecular complexity index is 657. The minimum atomic E-state index is -3.52. The number of rotatable bonds is 5. The van der Waals surface area contributed by atoms with E-state index in [2.05, 4.69) is 10.6 Å². The lowest BCUT2D eigenvalue weighted by molar-refractivity contribution is -0.115. The maximum atomic E-state index is 12.9. The molecule has 0 atom stereocenters. The Labute approximate surface area is 150 Å². The van der Waals surface area contributed by atoms with Gasteiger partial charge in [0, 0.05) is 18.8 Å². The number of carbonyl (C=O) groups excluding carboxylic acids is 1. The third-order valence-electron chi connectivity index (χ3n) is 3.99. The zero-order valence-corrected chi connectivity index (χ0v) is 15.8. The van der Waals surface area contributed by atoms with Gasteiger partial charge in [-0.3, -0.25) is 4.79 Å². The Hall–Kier alpha value is -1.15. The van der Waals surface area contributed by atoms with Crippen molar-refractivity contribution >= 4 is 34.0 Å². The van der Waals surface area contributed by atoms with Crippen molar-refractivity contribution in [2.75, 3.05) is 32.0 Å². The van der Waals surface area contributed by atoms with Crippen LogP contribution in [0.5, 0.6) is 0 Å². The predicted molar refractivity (Wildman–Crippen MR) is 98.2 cm³/mol. The lowest BCUT2D eigenvalue weighted by Crippen LogP contribution is -2.32. The molecular weight excluding hydrogens is 350 g/mol. The van der Waals surface area contributed by atoms with Gasteiger partial charge < -0.3 is 10.6 Å². The molecule has 6 nitrogen and oxygen atoms in total. The molecule has 0 aromatic heterocycles. The van der Waals surface area contributed by atoms with Gasteiger partial charge in [-0.15, -0.1) is 12.4 Å². The summed E-state index contributed by atoms with van der Waals surface area (Å²) >= 11 is 0. The standard InChI is InChI=1S/C16H25N3O3S.ClH/c1-13-7-8-14(18-16(20)12-17-2)11-15(13)23(21,22)19-9-5-3-4-6-10-19;/h7-8,11,17H,3-6,9-10,12H2,1-2H3,(H,18,20);1H. The second-order valence-corrected chi connectivity index (χ2v) is 7.78. The van der Waals surface area contributed by atoms with Gasteiger partial charge in [0.25, 0.3) is 0 Å². The average Bonchev–Trinajstić information content (AvgIpc) is 2.79. The molecule has 8 heteroatoms. The van der Waals surface area contributed by atoms with Crippen molar-refractivity contribution in [2.45, 2.75) is 37.5 Å². The van der Waals surface area contributed by atoms with Crippen LogP contribution >= 0.6 is 12.4 Å². The van der Waals surface area contributed by atoms with Gasteiger partial charge in [-0.2, -0.15) is 4.31 Å². The normalized spacial score (nSPS) is 16.1. The molecule has 1 aliphatic rings. The van der Waals surface area contributed by atoms with Crippen LogP contribution in [0.4, 0.5) is 5.69 Å². The van der Waals surface area contributed by atoms with E-state index in [9.17, 15) is 13.2 Å². The van der Waals surface area contributed by atoms with Crippen molar-refractivity contribution in [3.8, 4) is 0 Å². The van der Waals surface area contributed by atoms with E-state index >= 15 is 0 Å². The molecule has 1 aliphatic heterocycles. The van der Waals surface area contributed by atoms with Gasteiger partial charge in [0.15, 0.2) is 0 Å². The van der Waals surface area contributed by atoms with E-state index in [4.69, 9.17) is 0 Å². The second-order valence-electron chi connectivity index (χ2n) is 5.88. The summed E-state index contributed by atoms with van der Waals surface area (Å²) < 4.78 is 27.4. The summed E-state index contributed by atoms with van der Waals surface area (Å²) in [4.78, 5) is 12.0. The molecule has 0 aliphatic carbocycles. The van der Waals surface area contributed by atoms with E-state index in [1.165, 1.54) is 0 Å². The van der Waals surface area contributed by atoms with Crippen LogP contribution in [-0.2, 0) is 14.8 Å². The summed E-state index contributed by atoms with van der Waals surface area (Å²) in [5.74, 6) is -0.200. The Morgan fingerprint density at radius 3 is 2.38 bits per heavy atom. The quantitative estimate of drug-likeness (QED) is 0.826. The number of likely N-dealkylation sites (N-methyl/N-ethyl adjacent to an activating group) is 1. The van der Waals surface area contributed by atoms with Crippen LogP contribution < -0.4 is 10.6 Å². The van der Waals surface area contributed by atoms with E-state index in [-0.39, 0.29) is 29.8 Å². The first-order valence-electron chi connectivity index (χ1n) is 8.00. The number of sulfonamides is 1. The largest absolute Gasteiger partial charge is 0.325 e. The second kappa shape index (κ2) is 9.36. The van der Waals surface area contributed by atoms with Crippen LogP contribution in [0.1, 0.15) is 31.2 Å². The van der Waals surface area contributed by atoms with Gasteiger partial charge in [0.2, 0.25) is 15.9 Å². The van der Waals surface area contributed by atoms with Crippen molar-refractivity contribution in [1.82, 2.24) is 9.62 Å². The fourth-order valence-corrected chi connectivity index (χ4v) is 4.51. The molecule has 24 heavy (non-hydrogen) atoms. The van der Waals surface area contributed by atoms with E-state index in [0.717, 1.165) is 25.7 Å². The summed E-state index contributed by atoms with van der Waals surface area (Å²) in [6, 6.07) is 5.02. The molecular formula is C16H26ClN3O3S. The van der Waals surface area contributed by atoms with Crippen molar-refractivity contribution in [3.05, 3.63) is 23.8 Å². The molecule has 0 radical (unpaired) electrons. The summed E-state index contributed by atoms with van der Waals surface area (Å²) in [5, 5.41) is 5.48. The number of amides is 1. The molecule has 1 aromatic rings. The maximum absolute atomic E-state index is 12.9. The van der Waals surface area contributed by atoms with Crippen molar-refractivity contribution in [3.63, 3.8) is 0 Å². The van der Waals surface area contributed by atoms with Gasteiger partial charge in [0.05, 0.1) is 11.4 Å². The fraction of sp³-hybridized carbons (Fsp3) is 0.562. The van der Waals surface area contributed by atoms with E-state index in [0.29, 0.717) is 24.3 Å². The molecule has 1 amide bonds. The fourth-order valence-electron chi connectivity index (χ4n) is 2.74. The van der Waals surface area contributed by atoms with Gasteiger partial charge in [-0.25, -0.2) is 8.42 Å². The minimum absolute atomic E-state index is 0. The summed E-state index contributed by atoms with van der Waals surface area (Å²) in [7, 11) is -1.84. The van der Waals surface area contributed by atoms with E-state index in [1.807, 2.05) is 0 Å². The lowest BCUT2D eigenvalue weighted by atomic mass is 10.2. The van der Waals surface area contributed by atoms with Crippen LogP contribution in [-0.4, -0.2) is 45.3 Å². The highest BCUT2D eigenvalue weighted by molar-refractivity contribution is 7.89. The topological polar surface area (TPSA) is 78.5 Å². The monoisotopic (exact) mass is 375 g/mol. The van der Waals surface area contributed by atoms with E-state index < -0.39 is 10.0 Å². The first-order chi connectivity index (χ1) is 10.9. The van der Waals surface area contributed by atoms with Crippen LogP contribution in [0.15, 0.2) is 23.1 Å². The number of halogens is 1. The maximum Gasteiger partial charge on any atom is 0.243 e. The number of anilines is 1. The predicted octanol–water partition coefficient (Wildman–Crippen LogP) is 2.14. The third-order valence-corrected chi connectivity index (χ3v) is 6.03. The van der Waals surface area contributed by atoms with Gasteiger partial charge >= 0.3 is 0 Å². The Kier molecular flexibility index (Phi) is 8.15. The van der Waals surface area contributed by atoms with Crippen molar-refractivity contribution < 1.29 is 13.2 Å². The molecule has 0 spiro atoms. The number of aryl methyl sites for hydroxylation is 1. The number of hydrogen-bond acceptors (Lipinski definition) is 4. The molecule has 1 fully saturated rings. The number of nitrogens with zero attached hydrogens (tertiary/aromatic N) is 1.